The molecule has 0 fully saturated rings. The van der Waals surface area contributed by atoms with Gasteiger partial charge in [-0.15, -0.1) is 0 Å². The molecule has 9 heteroatoms. The Morgan fingerprint density at radius 2 is 1.67 bits per heavy atom. The summed E-state index contributed by atoms with van der Waals surface area (Å²) in [5.41, 5.74) is 11.4. The van der Waals surface area contributed by atoms with Crippen LogP contribution in [0.1, 0.15) is 23.7 Å². The molecule has 0 heterocycles. The fourth-order valence-corrected chi connectivity index (χ4v) is 3.54. The van der Waals surface area contributed by atoms with E-state index >= 15 is 0 Å². The average molecular weight is 390 g/mol. The molecule has 0 atom stereocenters. The molecule has 144 valence electrons. The minimum Gasteiger partial charge on any atom is -0.423 e. The first kappa shape index (κ1) is 20.4. The summed E-state index contributed by atoms with van der Waals surface area (Å²) < 4.78 is 31.3. The van der Waals surface area contributed by atoms with Crippen LogP contribution in [0.4, 0.5) is 5.69 Å². The smallest absolute Gasteiger partial charge is 0.343 e. The van der Waals surface area contributed by atoms with Crippen LogP contribution in [0.3, 0.4) is 0 Å². The van der Waals surface area contributed by atoms with Crippen LogP contribution in [-0.2, 0) is 10.0 Å². The van der Waals surface area contributed by atoms with Gasteiger partial charge in [0.25, 0.3) is 0 Å². The maximum Gasteiger partial charge on any atom is 0.343 e. The van der Waals surface area contributed by atoms with Gasteiger partial charge in [-0.3, -0.25) is 0 Å². The van der Waals surface area contributed by atoms with Crippen molar-refractivity contribution in [2.24, 2.45) is 16.5 Å². The molecule has 0 aliphatic heterocycles. The summed E-state index contributed by atoms with van der Waals surface area (Å²) in [5.74, 6) is -0.416. The van der Waals surface area contributed by atoms with E-state index in [0.29, 0.717) is 24.2 Å². The molecule has 0 aliphatic rings. The number of nitrogens with zero attached hydrogens (tertiary/aromatic N) is 2. The lowest BCUT2D eigenvalue weighted by Crippen LogP contribution is -2.27. The maximum absolute atomic E-state index is 12.4. The minimum atomic E-state index is -3.55. The van der Waals surface area contributed by atoms with Gasteiger partial charge in [0, 0.05) is 13.6 Å². The molecule has 2 rings (SSSR count). The second-order valence-electron chi connectivity index (χ2n) is 5.77. The third-order valence-corrected chi connectivity index (χ3v) is 5.51. The van der Waals surface area contributed by atoms with Gasteiger partial charge in [-0.2, -0.15) is 0 Å². The van der Waals surface area contributed by atoms with E-state index in [4.69, 9.17) is 16.2 Å². The number of esters is 1. The van der Waals surface area contributed by atoms with Crippen molar-refractivity contribution in [1.82, 2.24) is 4.31 Å². The number of aliphatic imine (C=N–C) groups is 1. The molecule has 0 saturated heterocycles. The topological polar surface area (TPSA) is 128 Å². The van der Waals surface area contributed by atoms with Crippen molar-refractivity contribution >= 4 is 27.6 Å². The Bertz CT molecular complexity index is 919. The SMILES string of the molecule is CCCN(C)S(=O)(=O)c1ccc(OC(=O)c2ccc(N=C(N)N)cc2)cc1. The first-order chi connectivity index (χ1) is 12.7. The molecule has 2 aromatic rings. The van der Waals surface area contributed by atoms with Gasteiger partial charge in [-0.05, 0) is 55.0 Å². The first-order valence-electron chi connectivity index (χ1n) is 8.22. The molecule has 0 amide bonds. The number of hydrogen-bond acceptors (Lipinski definition) is 5. The van der Waals surface area contributed by atoms with Crippen molar-refractivity contribution in [2.45, 2.75) is 18.2 Å². The molecule has 2 aromatic carbocycles. The van der Waals surface area contributed by atoms with Gasteiger partial charge in [0.05, 0.1) is 16.1 Å². The molecule has 0 bridgehead atoms. The van der Waals surface area contributed by atoms with Crippen LogP contribution in [-0.4, -0.2) is 38.2 Å². The Morgan fingerprint density at radius 1 is 1.07 bits per heavy atom. The molecule has 27 heavy (non-hydrogen) atoms. The zero-order valence-electron chi connectivity index (χ0n) is 15.1. The standard InChI is InChI=1S/C18H22N4O4S/c1-3-12-22(2)27(24,25)16-10-8-15(9-11-16)26-17(23)13-4-6-14(7-5-13)21-18(19)20/h4-11H,3,12H2,1-2H3,(H4,19,20,21). The number of guanidine groups is 1. The summed E-state index contributed by atoms with van der Waals surface area (Å²) in [5, 5.41) is 0. The molecular weight excluding hydrogens is 368 g/mol. The number of carbonyl (C=O) groups excluding carboxylic acids is 1. The Balaban J connectivity index is 2.10. The van der Waals surface area contributed by atoms with Crippen LogP contribution in [0.15, 0.2) is 58.4 Å². The highest BCUT2D eigenvalue weighted by atomic mass is 32.2. The number of hydrogen-bond donors (Lipinski definition) is 2. The van der Waals surface area contributed by atoms with E-state index in [0.717, 1.165) is 0 Å². The Hall–Kier alpha value is -2.91. The second-order valence-corrected chi connectivity index (χ2v) is 7.82. The Labute approximate surface area is 158 Å². The number of rotatable bonds is 7. The van der Waals surface area contributed by atoms with Gasteiger partial charge in [-0.25, -0.2) is 22.5 Å². The number of nitrogens with two attached hydrogens (primary N) is 2. The van der Waals surface area contributed by atoms with Crippen molar-refractivity contribution in [2.75, 3.05) is 13.6 Å². The quantitative estimate of drug-likeness (QED) is 0.321. The lowest BCUT2D eigenvalue weighted by Gasteiger charge is -2.16. The molecular formula is C18H22N4O4S. The van der Waals surface area contributed by atoms with Crippen molar-refractivity contribution in [1.29, 1.82) is 0 Å². The summed E-state index contributed by atoms with van der Waals surface area (Å²) in [6.45, 7) is 2.33. The summed E-state index contributed by atoms with van der Waals surface area (Å²) in [6, 6.07) is 11.9. The summed E-state index contributed by atoms with van der Waals surface area (Å²) in [6.07, 6.45) is 0.716. The first-order valence-corrected chi connectivity index (χ1v) is 9.66. The molecule has 0 aromatic heterocycles. The normalized spacial score (nSPS) is 11.2. The van der Waals surface area contributed by atoms with Gasteiger partial charge in [0.15, 0.2) is 5.96 Å². The van der Waals surface area contributed by atoms with Crippen LogP contribution < -0.4 is 16.2 Å². The summed E-state index contributed by atoms with van der Waals surface area (Å²) in [4.78, 5) is 16.2. The molecule has 0 aliphatic carbocycles. The summed E-state index contributed by atoms with van der Waals surface area (Å²) in [7, 11) is -2.03. The minimum absolute atomic E-state index is 0.0787. The number of carbonyl (C=O) groups is 1. The maximum atomic E-state index is 12.4. The predicted molar refractivity (Wildman–Crippen MR) is 103 cm³/mol. The van der Waals surface area contributed by atoms with Crippen LogP contribution in [0, 0.1) is 0 Å². The molecule has 0 saturated carbocycles. The Morgan fingerprint density at radius 3 is 2.19 bits per heavy atom. The highest BCUT2D eigenvalue weighted by Crippen LogP contribution is 2.20. The van der Waals surface area contributed by atoms with Crippen molar-refractivity contribution < 1.29 is 17.9 Å². The summed E-state index contributed by atoms with van der Waals surface area (Å²) >= 11 is 0. The van der Waals surface area contributed by atoms with E-state index < -0.39 is 16.0 Å². The van der Waals surface area contributed by atoms with Gasteiger partial charge in [0.2, 0.25) is 10.0 Å². The van der Waals surface area contributed by atoms with E-state index in [1.807, 2.05) is 6.92 Å². The third kappa shape index (κ3) is 5.28. The van der Waals surface area contributed by atoms with E-state index in [2.05, 4.69) is 4.99 Å². The molecule has 0 radical (unpaired) electrons. The van der Waals surface area contributed by atoms with Crippen LogP contribution in [0.5, 0.6) is 5.75 Å². The van der Waals surface area contributed by atoms with E-state index in [9.17, 15) is 13.2 Å². The van der Waals surface area contributed by atoms with E-state index in [1.165, 1.54) is 47.8 Å². The fraction of sp³-hybridized carbons (Fsp3) is 0.222. The van der Waals surface area contributed by atoms with Crippen molar-refractivity contribution in [3.05, 3.63) is 54.1 Å². The zero-order valence-corrected chi connectivity index (χ0v) is 15.9. The molecule has 4 N–H and O–H groups in total. The van der Waals surface area contributed by atoms with Gasteiger partial charge in [0.1, 0.15) is 5.75 Å². The molecule has 8 nitrogen and oxygen atoms in total. The van der Waals surface area contributed by atoms with Crippen LogP contribution in [0.25, 0.3) is 0 Å². The fourth-order valence-electron chi connectivity index (χ4n) is 2.28. The zero-order chi connectivity index (χ0) is 20.0. The lowest BCUT2D eigenvalue weighted by atomic mass is 10.2. The van der Waals surface area contributed by atoms with Crippen LogP contribution in [0.2, 0.25) is 0 Å². The number of ether oxygens (including phenoxy) is 1. The lowest BCUT2D eigenvalue weighted by molar-refractivity contribution is 0.0734. The molecule has 0 spiro atoms. The van der Waals surface area contributed by atoms with Gasteiger partial charge >= 0.3 is 5.97 Å². The van der Waals surface area contributed by atoms with E-state index in [1.54, 1.807) is 12.1 Å². The van der Waals surface area contributed by atoms with Crippen molar-refractivity contribution in [3.63, 3.8) is 0 Å². The number of sulfonamides is 1. The van der Waals surface area contributed by atoms with E-state index in [-0.39, 0.29) is 16.6 Å². The van der Waals surface area contributed by atoms with Gasteiger partial charge < -0.3 is 16.2 Å². The average Bonchev–Trinajstić information content (AvgIpc) is 2.62. The number of benzene rings is 2. The van der Waals surface area contributed by atoms with Crippen LogP contribution >= 0.6 is 0 Å². The highest BCUT2D eigenvalue weighted by Gasteiger charge is 2.20. The Kier molecular flexibility index (Phi) is 6.54. The highest BCUT2D eigenvalue weighted by molar-refractivity contribution is 7.89. The monoisotopic (exact) mass is 390 g/mol. The van der Waals surface area contributed by atoms with Gasteiger partial charge in [-0.1, -0.05) is 6.92 Å². The molecule has 0 unspecified atom stereocenters. The third-order valence-electron chi connectivity index (χ3n) is 3.64. The second kappa shape index (κ2) is 8.65. The predicted octanol–water partition coefficient (Wildman–Crippen LogP) is 1.84. The van der Waals surface area contributed by atoms with Crippen molar-refractivity contribution in [3.8, 4) is 5.75 Å². The largest absolute Gasteiger partial charge is 0.423 e.